The number of carbonyl (C=O) groups is 1. The summed E-state index contributed by atoms with van der Waals surface area (Å²) in [6, 6.07) is 12.0. The van der Waals surface area contributed by atoms with Gasteiger partial charge in [0, 0.05) is 22.7 Å². The molecule has 5 heteroatoms. The second kappa shape index (κ2) is 7.13. The summed E-state index contributed by atoms with van der Waals surface area (Å²) >= 11 is 1.44. The molecule has 0 heterocycles. The molecule has 2 aromatic carbocycles. The lowest BCUT2D eigenvalue weighted by atomic mass is 10.2. The summed E-state index contributed by atoms with van der Waals surface area (Å²) in [5.41, 5.74) is 7.92. The lowest BCUT2D eigenvalue weighted by Crippen LogP contribution is -2.25. The van der Waals surface area contributed by atoms with Crippen molar-refractivity contribution in [3.8, 4) is 0 Å². The third-order valence-corrected chi connectivity index (χ3v) is 4.17. The minimum Gasteiger partial charge on any atom is -0.399 e. The summed E-state index contributed by atoms with van der Waals surface area (Å²) in [6.07, 6.45) is 0. The van der Waals surface area contributed by atoms with Crippen LogP contribution in [0.2, 0.25) is 0 Å². The molecule has 0 saturated carbocycles. The molecule has 3 nitrogen and oxygen atoms in total. The van der Waals surface area contributed by atoms with Gasteiger partial charge >= 0.3 is 0 Å². The van der Waals surface area contributed by atoms with Crippen molar-refractivity contribution in [2.75, 3.05) is 11.5 Å². The minimum atomic E-state index is -0.306. The first-order valence-corrected chi connectivity index (χ1v) is 7.54. The van der Waals surface area contributed by atoms with Gasteiger partial charge in [-0.1, -0.05) is 18.2 Å². The fourth-order valence-electron chi connectivity index (χ4n) is 1.86. The zero-order valence-corrected chi connectivity index (χ0v) is 12.5. The number of nitrogen functional groups attached to an aromatic ring is 1. The third kappa shape index (κ3) is 4.49. The Morgan fingerprint density at radius 1 is 1.29 bits per heavy atom. The molecule has 0 aliphatic carbocycles. The summed E-state index contributed by atoms with van der Waals surface area (Å²) in [5, 5.41) is 2.72. The number of halogens is 1. The van der Waals surface area contributed by atoms with Crippen LogP contribution in [0.3, 0.4) is 0 Å². The van der Waals surface area contributed by atoms with E-state index in [2.05, 4.69) is 5.32 Å². The number of aryl methyl sites for hydroxylation is 1. The van der Waals surface area contributed by atoms with Gasteiger partial charge in [0.1, 0.15) is 5.82 Å². The second-order valence-corrected chi connectivity index (χ2v) is 5.70. The third-order valence-electron chi connectivity index (χ3n) is 2.99. The molecule has 0 atom stereocenters. The van der Waals surface area contributed by atoms with Crippen LogP contribution in [0.5, 0.6) is 0 Å². The van der Waals surface area contributed by atoms with E-state index in [-0.39, 0.29) is 18.3 Å². The van der Waals surface area contributed by atoms with E-state index >= 15 is 0 Å². The van der Waals surface area contributed by atoms with Gasteiger partial charge in [-0.2, -0.15) is 0 Å². The molecule has 21 heavy (non-hydrogen) atoms. The van der Waals surface area contributed by atoms with Crippen molar-refractivity contribution < 1.29 is 9.18 Å². The molecule has 1 amide bonds. The molecule has 110 valence electrons. The predicted molar refractivity (Wildman–Crippen MR) is 84.6 cm³/mol. The number of nitrogens with two attached hydrogens (primary N) is 1. The summed E-state index contributed by atoms with van der Waals surface area (Å²) in [6.45, 7) is 2.16. The van der Waals surface area contributed by atoms with Crippen LogP contribution < -0.4 is 11.1 Å². The quantitative estimate of drug-likeness (QED) is 0.659. The fourth-order valence-corrected chi connectivity index (χ4v) is 2.70. The highest BCUT2D eigenvalue weighted by atomic mass is 32.2. The van der Waals surface area contributed by atoms with Gasteiger partial charge in [-0.15, -0.1) is 11.8 Å². The number of hydrogen-bond donors (Lipinski definition) is 2. The monoisotopic (exact) mass is 304 g/mol. The standard InChI is InChI=1S/C16H17FN2OS/c1-11-8-13(18)6-7-15(11)21-10-16(20)19-9-12-4-2-3-5-14(12)17/h2-8H,9-10,18H2,1H3,(H,19,20). The first kappa shape index (κ1) is 15.4. The average Bonchev–Trinajstić information content (AvgIpc) is 2.45. The molecule has 0 aliphatic rings. The number of thioether (sulfide) groups is 1. The predicted octanol–water partition coefficient (Wildman–Crippen LogP) is 3.12. The number of benzene rings is 2. The molecule has 0 aliphatic heterocycles. The van der Waals surface area contributed by atoms with Gasteiger partial charge in [0.2, 0.25) is 5.91 Å². The molecular weight excluding hydrogens is 287 g/mol. The molecule has 0 saturated heterocycles. The maximum atomic E-state index is 13.4. The molecule has 0 bridgehead atoms. The van der Waals surface area contributed by atoms with E-state index in [1.54, 1.807) is 18.2 Å². The zero-order chi connectivity index (χ0) is 15.2. The maximum absolute atomic E-state index is 13.4. The van der Waals surface area contributed by atoms with E-state index in [0.29, 0.717) is 17.0 Å². The van der Waals surface area contributed by atoms with E-state index < -0.39 is 0 Å². The number of carbonyl (C=O) groups excluding carboxylic acids is 1. The number of anilines is 1. The largest absolute Gasteiger partial charge is 0.399 e. The summed E-state index contributed by atoms with van der Waals surface area (Å²) in [7, 11) is 0. The van der Waals surface area contributed by atoms with E-state index in [1.165, 1.54) is 17.8 Å². The molecular formula is C16H17FN2OS. The summed E-state index contributed by atoms with van der Waals surface area (Å²) in [5.74, 6) is -0.140. The molecule has 2 rings (SSSR count). The van der Waals surface area contributed by atoms with Gasteiger partial charge < -0.3 is 11.1 Å². The van der Waals surface area contributed by atoms with Crippen molar-refractivity contribution in [2.24, 2.45) is 0 Å². The molecule has 0 spiro atoms. The zero-order valence-electron chi connectivity index (χ0n) is 11.7. The van der Waals surface area contributed by atoms with Crippen LogP contribution in [0.25, 0.3) is 0 Å². The number of hydrogen-bond acceptors (Lipinski definition) is 3. The van der Waals surface area contributed by atoms with Gasteiger partial charge in [-0.25, -0.2) is 4.39 Å². The Kier molecular flexibility index (Phi) is 5.22. The van der Waals surface area contributed by atoms with Gasteiger partial charge in [-0.3, -0.25) is 4.79 Å². The molecule has 0 aromatic heterocycles. The van der Waals surface area contributed by atoms with Crippen LogP contribution in [0.1, 0.15) is 11.1 Å². The van der Waals surface area contributed by atoms with Crippen molar-refractivity contribution in [2.45, 2.75) is 18.4 Å². The maximum Gasteiger partial charge on any atom is 0.230 e. The Hall–Kier alpha value is -2.01. The summed E-state index contributed by atoms with van der Waals surface area (Å²) in [4.78, 5) is 12.8. The number of amides is 1. The molecule has 3 N–H and O–H groups in total. The van der Waals surface area contributed by atoms with E-state index in [9.17, 15) is 9.18 Å². The highest BCUT2D eigenvalue weighted by Crippen LogP contribution is 2.23. The second-order valence-electron chi connectivity index (χ2n) is 4.68. The molecule has 2 aromatic rings. The summed E-state index contributed by atoms with van der Waals surface area (Å²) < 4.78 is 13.4. The van der Waals surface area contributed by atoms with Crippen molar-refractivity contribution in [3.63, 3.8) is 0 Å². The Bertz CT molecular complexity index is 646. The highest BCUT2D eigenvalue weighted by molar-refractivity contribution is 8.00. The van der Waals surface area contributed by atoms with Gasteiger partial charge in [0.05, 0.1) is 5.75 Å². The van der Waals surface area contributed by atoms with Gasteiger partial charge in [0.25, 0.3) is 0 Å². The van der Waals surface area contributed by atoms with Crippen molar-refractivity contribution >= 4 is 23.4 Å². The lowest BCUT2D eigenvalue weighted by Gasteiger charge is -2.08. The number of rotatable bonds is 5. The average molecular weight is 304 g/mol. The van der Waals surface area contributed by atoms with Crippen LogP contribution in [0.4, 0.5) is 10.1 Å². The van der Waals surface area contributed by atoms with E-state index in [4.69, 9.17) is 5.73 Å². The molecule has 0 unspecified atom stereocenters. The topological polar surface area (TPSA) is 55.1 Å². The number of nitrogens with one attached hydrogen (secondary N) is 1. The van der Waals surface area contributed by atoms with Crippen LogP contribution in [0.15, 0.2) is 47.4 Å². The molecule has 0 radical (unpaired) electrons. The SMILES string of the molecule is Cc1cc(N)ccc1SCC(=O)NCc1ccccc1F. The van der Waals surface area contributed by atoms with Crippen molar-refractivity contribution in [3.05, 3.63) is 59.4 Å². The smallest absolute Gasteiger partial charge is 0.230 e. The fraction of sp³-hybridized carbons (Fsp3) is 0.188. The Morgan fingerprint density at radius 3 is 2.76 bits per heavy atom. The minimum absolute atomic E-state index is 0.125. The van der Waals surface area contributed by atoms with E-state index in [1.807, 2.05) is 25.1 Å². The van der Waals surface area contributed by atoms with Crippen LogP contribution in [0, 0.1) is 12.7 Å². The Morgan fingerprint density at radius 2 is 2.05 bits per heavy atom. The highest BCUT2D eigenvalue weighted by Gasteiger charge is 2.06. The molecule has 0 fully saturated rings. The Balaban J connectivity index is 1.84. The normalized spacial score (nSPS) is 10.4. The van der Waals surface area contributed by atoms with Crippen LogP contribution >= 0.6 is 11.8 Å². The van der Waals surface area contributed by atoms with Crippen LogP contribution in [-0.4, -0.2) is 11.7 Å². The van der Waals surface area contributed by atoms with Crippen molar-refractivity contribution in [1.29, 1.82) is 0 Å². The van der Waals surface area contributed by atoms with Crippen LogP contribution in [-0.2, 0) is 11.3 Å². The van der Waals surface area contributed by atoms with Gasteiger partial charge in [-0.05, 0) is 36.8 Å². The van der Waals surface area contributed by atoms with Crippen molar-refractivity contribution in [1.82, 2.24) is 5.32 Å². The van der Waals surface area contributed by atoms with Gasteiger partial charge in [0.15, 0.2) is 0 Å². The Labute approximate surface area is 127 Å². The van der Waals surface area contributed by atoms with E-state index in [0.717, 1.165) is 10.5 Å². The lowest BCUT2D eigenvalue weighted by molar-refractivity contribution is -0.118. The first-order valence-electron chi connectivity index (χ1n) is 6.55. The first-order chi connectivity index (χ1) is 10.1.